The highest BCUT2D eigenvalue weighted by Crippen LogP contribution is 2.53. The van der Waals surface area contributed by atoms with Crippen LogP contribution in [0.25, 0.3) is 10.4 Å². The first-order chi connectivity index (χ1) is 18.3. The van der Waals surface area contributed by atoms with E-state index in [1.165, 1.54) is 13.1 Å². The van der Waals surface area contributed by atoms with E-state index in [4.69, 9.17) is 23.8 Å². The van der Waals surface area contributed by atoms with Gasteiger partial charge in [0.1, 0.15) is 12.3 Å². The summed E-state index contributed by atoms with van der Waals surface area (Å²) >= 11 is 0. The van der Waals surface area contributed by atoms with E-state index in [0.717, 1.165) is 4.57 Å². The fourth-order valence-electron chi connectivity index (χ4n) is 3.83. The minimum atomic E-state index is -4.40. The van der Waals surface area contributed by atoms with Gasteiger partial charge in [-0.05, 0) is 23.6 Å². The van der Waals surface area contributed by atoms with Gasteiger partial charge < -0.3 is 9.84 Å². The molecule has 1 aliphatic rings. The Morgan fingerprint density at radius 3 is 2.26 bits per heavy atom. The van der Waals surface area contributed by atoms with Gasteiger partial charge in [0.25, 0.3) is 5.56 Å². The number of phosphoric ester groups is 1. The van der Waals surface area contributed by atoms with Gasteiger partial charge in [0.05, 0.1) is 19.3 Å². The number of rotatable bonds is 11. The Bertz CT molecular complexity index is 1390. The lowest BCUT2D eigenvalue weighted by Gasteiger charge is -2.26. The third kappa shape index (κ3) is 6.85. The largest absolute Gasteiger partial charge is 0.477 e. The van der Waals surface area contributed by atoms with Crippen LogP contribution in [0.2, 0.25) is 0 Å². The predicted molar refractivity (Wildman–Crippen MR) is 135 cm³/mol. The average molecular weight is 543 g/mol. The van der Waals surface area contributed by atoms with Crippen molar-refractivity contribution in [1.29, 1.82) is 0 Å². The van der Waals surface area contributed by atoms with Gasteiger partial charge in [-0.3, -0.25) is 27.9 Å². The van der Waals surface area contributed by atoms with Gasteiger partial charge >= 0.3 is 13.5 Å². The lowest BCUT2D eigenvalue weighted by atomic mass is 10.1. The molecule has 13 nitrogen and oxygen atoms in total. The quantitative estimate of drug-likeness (QED) is 0.121. The first-order valence-corrected chi connectivity index (χ1v) is 13.1. The number of aromatic amines is 1. The third-order valence-corrected chi connectivity index (χ3v) is 7.14. The van der Waals surface area contributed by atoms with E-state index >= 15 is 0 Å². The zero-order valence-electron chi connectivity index (χ0n) is 20.3. The second-order valence-electron chi connectivity index (χ2n) is 8.50. The molecule has 2 heterocycles. The summed E-state index contributed by atoms with van der Waals surface area (Å²) in [6, 6.07) is 16.8. The van der Waals surface area contributed by atoms with Crippen LogP contribution in [-0.2, 0) is 36.1 Å². The molecule has 0 aliphatic carbocycles. The highest BCUT2D eigenvalue weighted by atomic mass is 31.2. The number of aliphatic hydroxyl groups excluding tert-OH is 1. The lowest BCUT2D eigenvalue weighted by Crippen LogP contribution is -2.36. The molecule has 38 heavy (non-hydrogen) atoms. The summed E-state index contributed by atoms with van der Waals surface area (Å²) < 4.78 is 37.0. The smallest absolute Gasteiger partial charge is 0.365 e. The van der Waals surface area contributed by atoms with Gasteiger partial charge in [0, 0.05) is 23.1 Å². The van der Waals surface area contributed by atoms with Crippen LogP contribution < -0.4 is 11.2 Å². The van der Waals surface area contributed by atoms with Crippen LogP contribution in [0, 0.1) is 6.92 Å². The minimum Gasteiger partial charge on any atom is -0.365 e. The van der Waals surface area contributed by atoms with Crippen LogP contribution >= 0.6 is 7.82 Å². The number of hydrogen-bond donors (Lipinski definition) is 2. The van der Waals surface area contributed by atoms with Gasteiger partial charge in [0.2, 0.25) is 0 Å². The molecular weight excluding hydrogens is 517 g/mol. The number of H-pyrrole nitrogens is 1. The maximum Gasteiger partial charge on any atom is 0.477 e. The van der Waals surface area contributed by atoms with Crippen molar-refractivity contribution in [3.63, 3.8) is 0 Å². The van der Waals surface area contributed by atoms with E-state index < -0.39 is 43.7 Å². The molecule has 2 N–H and O–H groups in total. The molecule has 1 aliphatic heterocycles. The van der Waals surface area contributed by atoms with Crippen LogP contribution in [-0.4, -0.2) is 33.1 Å². The van der Waals surface area contributed by atoms with Crippen LogP contribution in [0.3, 0.4) is 0 Å². The molecule has 14 heteroatoms. The molecule has 2 aromatic carbocycles. The SMILES string of the molecule is Cc1cn([C@H]2CC(N=[N+]=[N-])[C@@H](C(O)OP(=O)(OCc3ccccc3)OCc3ccccc3)O2)c(=O)[nH]c1=O. The number of phosphoric acid groups is 1. The molecule has 4 atom stereocenters. The summed E-state index contributed by atoms with van der Waals surface area (Å²) in [5, 5.41) is 14.5. The first kappa shape index (κ1) is 27.5. The van der Waals surface area contributed by atoms with Crippen molar-refractivity contribution in [2.75, 3.05) is 0 Å². The van der Waals surface area contributed by atoms with E-state index in [9.17, 15) is 19.3 Å². The minimum absolute atomic E-state index is 0.0272. The molecule has 2 unspecified atom stereocenters. The number of nitrogens with zero attached hydrogens (tertiary/aromatic N) is 4. The van der Waals surface area contributed by atoms with Crippen LogP contribution in [0.1, 0.15) is 29.3 Å². The Morgan fingerprint density at radius 2 is 1.71 bits per heavy atom. The summed E-state index contributed by atoms with van der Waals surface area (Å²) in [5.74, 6) is 0. The van der Waals surface area contributed by atoms with Gasteiger partial charge in [-0.25, -0.2) is 9.36 Å². The summed E-state index contributed by atoms with van der Waals surface area (Å²) in [7, 11) is -4.40. The summed E-state index contributed by atoms with van der Waals surface area (Å²) in [6.07, 6.45) is -2.99. The third-order valence-electron chi connectivity index (χ3n) is 5.78. The van der Waals surface area contributed by atoms with Crippen molar-refractivity contribution in [3.8, 4) is 0 Å². The Balaban J connectivity index is 1.54. The molecule has 0 bridgehead atoms. The highest BCUT2D eigenvalue weighted by molar-refractivity contribution is 7.48. The molecule has 0 saturated carbocycles. The second kappa shape index (κ2) is 12.3. The molecule has 0 spiro atoms. The molecule has 1 fully saturated rings. The standard InChI is InChI=1S/C24H26N5O8P/c1-16-13-29(24(32)26-22(16)30)20-12-19(27-28-25)21(36-20)23(31)37-38(33,34-14-17-8-4-2-5-9-17)35-15-18-10-6-3-7-11-18/h2-11,13,19-21,23,31H,12,14-15H2,1H3,(H,26,30,32)/t19?,20-,21+,23?/m1/s1. The number of azide groups is 1. The topological polar surface area (TPSA) is 178 Å². The number of aromatic nitrogens is 2. The van der Waals surface area contributed by atoms with E-state index in [2.05, 4.69) is 15.0 Å². The molecule has 3 aromatic rings. The van der Waals surface area contributed by atoms with Crippen molar-refractivity contribution < 1.29 is 28.0 Å². The maximum atomic E-state index is 13.6. The number of aryl methyl sites for hydroxylation is 1. The molecular formula is C24H26N5O8P. The number of hydrogen-bond acceptors (Lipinski definition) is 9. The van der Waals surface area contributed by atoms with E-state index in [-0.39, 0.29) is 25.2 Å². The molecule has 200 valence electrons. The fourth-order valence-corrected chi connectivity index (χ4v) is 5.03. The molecule has 0 amide bonds. The Kier molecular flexibility index (Phi) is 8.93. The number of aliphatic hydroxyl groups is 1. The van der Waals surface area contributed by atoms with Gasteiger partial charge in [-0.2, -0.15) is 0 Å². The normalized spacial score (nSPS) is 20.1. The molecule has 1 saturated heterocycles. The molecule has 0 radical (unpaired) electrons. The average Bonchev–Trinajstić information content (AvgIpc) is 3.34. The van der Waals surface area contributed by atoms with Gasteiger partial charge in [0.15, 0.2) is 6.29 Å². The van der Waals surface area contributed by atoms with E-state index in [1.807, 2.05) is 12.1 Å². The van der Waals surface area contributed by atoms with Crippen molar-refractivity contribution in [1.82, 2.24) is 9.55 Å². The van der Waals surface area contributed by atoms with Crippen molar-refractivity contribution in [2.45, 2.75) is 51.2 Å². The maximum absolute atomic E-state index is 13.6. The van der Waals surface area contributed by atoms with Crippen molar-refractivity contribution >= 4 is 7.82 Å². The Hall–Kier alpha value is -3.54. The predicted octanol–water partition coefficient (Wildman–Crippen LogP) is 3.69. The first-order valence-electron chi connectivity index (χ1n) is 11.6. The second-order valence-corrected chi connectivity index (χ2v) is 10.1. The summed E-state index contributed by atoms with van der Waals surface area (Å²) in [5.41, 5.74) is 9.36. The summed E-state index contributed by atoms with van der Waals surface area (Å²) in [6.45, 7) is 1.23. The van der Waals surface area contributed by atoms with Crippen LogP contribution in [0.15, 0.2) is 81.6 Å². The van der Waals surface area contributed by atoms with E-state index in [1.54, 1.807) is 48.5 Å². The summed E-state index contributed by atoms with van der Waals surface area (Å²) in [4.78, 5) is 29.0. The van der Waals surface area contributed by atoms with Crippen molar-refractivity contribution in [2.24, 2.45) is 5.11 Å². The van der Waals surface area contributed by atoms with Gasteiger partial charge in [-0.15, -0.1) is 0 Å². The lowest BCUT2D eigenvalue weighted by molar-refractivity contribution is -0.151. The van der Waals surface area contributed by atoms with Crippen LogP contribution in [0.5, 0.6) is 0 Å². The fraction of sp³-hybridized carbons (Fsp3) is 0.333. The Labute approximate surface area is 216 Å². The monoisotopic (exact) mass is 543 g/mol. The zero-order valence-corrected chi connectivity index (χ0v) is 21.2. The number of nitrogens with one attached hydrogen (secondary N) is 1. The number of benzene rings is 2. The highest BCUT2D eigenvalue weighted by Gasteiger charge is 2.44. The Morgan fingerprint density at radius 1 is 1.13 bits per heavy atom. The number of ether oxygens (including phenoxy) is 1. The van der Waals surface area contributed by atoms with Gasteiger partial charge in [-0.1, -0.05) is 65.8 Å². The van der Waals surface area contributed by atoms with E-state index in [0.29, 0.717) is 11.1 Å². The zero-order chi connectivity index (χ0) is 27.1. The van der Waals surface area contributed by atoms with Crippen molar-refractivity contribution in [3.05, 3.63) is 115 Å². The molecule has 4 rings (SSSR count). The molecule has 1 aromatic heterocycles. The van der Waals surface area contributed by atoms with Crippen LogP contribution in [0.4, 0.5) is 0 Å².